The van der Waals surface area contributed by atoms with E-state index in [2.05, 4.69) is 0 Å². The van der Waals surface area contributed by atoms with Crippen molar-refractivity contribution in [1.29, 1.82) is 0 Å². The molecule has 33 atom stereocenters. The SMILES string of the molecule is C.C1CC2CCC12.C1CC2CCC12.C1CCC2C3C4C(C1)C1C5C6C7C8CC9C%10C%11C%12CCC%13C%14C%15C%16C%12C%11%12C%10%11C98C78C67C56C41C31C2%13C%142C%153C%16%12C%118C73C126.[B].[Hf]. The zero-order valence-electron chi connectivity index (χ0n) is 31.9. The van der Waals surface area contributed by atoms with Crippen LogP contribution >= 0.6 is 0 Å². The van der Waals surface area contributed by atoms with Crippen LogP contribution in [0.1, 0.15) is 104 Å². The summed E-state index contributed by atoms with van der Waals surface area (Å²) in [6.45, 7) is 0. The monoisotopic (exact) mass is 883 g/mol. The molecule has 0 saturated heterocycles. The van der Waals surface area contributed by atoms with Gasteiger partial charge < -0.3 is 0 Å². The minimum absolute atomic E-state index is 0. The van der Waals surface area contributed by atoms with Crippen LogP contribution in [0, 0.1) is 211 Å². The maximum atomic E-state index is 1.82. The molecule has 0 bridgehead atoms. The van der Waals surface area contributed by atoms with Crippen LogP contribution < -0.4 is 0 Å². The van der Waals surface area contributed by atoms with Crippen LogP contribution in [0.5, 0.6) is 0 Å². The molecule has 29 rings (SSSR count). The molecule has 0 heterocycles. The Bertz CT molecular complexity index is 2460. The molecule has 29 aliphatic carbocycles. The van der Waals surface area contributed by atoms with E-state index in [4.69, 9.17) is 0 Å². The second-order valence-electron chi connectivity index (χ2n) is 29.7. The molecule has 0 N–H and O–H groups in total. The summed E-state index contributed by atoms with van der Waals surface area (Å²) in [5, 5.41) is 0. The standard InChI is InChI=1S/C40H32.2C6H10.CH4.B.Hf/c1-2-4-10-18-14-8(3-1)16-22-25-21-13-7-12-20-15-9-5-6-11-19-24-23-17(9)29(15)31(20)27(12,13)33(21)37(25)34(22)28(14,16)30(18)26(10,11)32(19)36(24)35(23,29)39(31,33)40(36,37)38(30,32)34;2*1-2-6-4-3-5(1)6;;;/h8-25H,1-7H2;2*5-6H,1-4H2;1H4;;. The third-order valence-corrected chi connectivity index (χ3v) is 36.3. The Hall–Kier alpha value is 0.935. The molecule has 275 valence electrons. The van der Waals surface area contributed by atoms with Gasteiger partial charge in [0.2, 0.25) is 0 Å². The molecule has 0 aliphatic heterocycles. The van der Waals surface area contributed by atoms with E-state index >= 15 is 0 Å². The van der Waals surface area contributed by atoms with Gasteiger partial charge in [-0.05, 0) is 295 Å². The average molecular weight is 882 g/mol. The third-order valence-electron chi connectivity index (χ3n) is 36.3. The number of fused-ring (bicyclic) bond motifs is 10. The third kappa shape index (κ3) is 0.948. The van der Waals surface area contributed by atoms with Gasteiger partial charge in [-0.1, -0.05) is 20.3 Å². The van der Waals surface area contributed by atoms with Crippen molar-refractivity contribution in [2.75, 3.05) is 0 Å². The van der Waals surface area contributed by atoms with Crippen molar-refractivity contribution in [1.82, 2.24) is 0 Å². The first-order valence-electron chi connectivity index (χ1n) is 25.8. The summed E-state index contributed by atoms with van der Waals surface area (Å²) in [5.41, 5.74) is 16.5. The average Bonchev–Trinajstić information content (AvgIpc) is 3.04. The topological polar surface area (TPSA) is 0 Å². The first-order chi connectivity index (χ1) is 25.8. The first-order valence-corrected chi connectivity index (χ1v) is 25.8. The number of rotatable bonds is 0. The largest absolute Gasteiger partial charge is 0.0776 e. The molecule has 0 aromatic rings. The van der Waals surface area contributed by atoms with Gasteiger partial charge >= 0.3 is 0 Å². The fraction of sp³-hybridized carbons (Fsp3) is 1.00. The number of hydrogen-bond donors (Lipinski definition) is 0. The van der Waals surface area contributed by atoms with Gasteiger partial charge in [-0.3, -0.25) is 0 Å². The van der Waals surface area contributed by atoms with Gasteiger partial charge in [-0.15, -0.1) is 0 Å². The minimum Gasteiger partial charge on any atom is -0.0776 e. The fourth-order valence-corrected chi connectivity index (χ4v) is 42.0. The molecular formula is C53H56BHf. The smallest absolute Gasteiger partial charge is 0 e. The van der Waals surface area contributed by atoms with Crippen LogP contribution in [0.15, 0.2) is 0 Å². The maximum Gasteiger partial charge on any atom is 0 e. The summed E-state index contributed by atoms with van der Waals surface area (Å²) in [4.78, 5) is 0. The summed E-state index contributed by atoms with van der Waals surface area (Å²) in [7, 11) is 0. The van der Waals surface area contributed by atoms with Crippen LogP contribution in [0.25, 0.3) is 0 Å². The summed E-state index contributed by atoms with van der Waals surface area (Å²) in [6, 6.07) is 0. The van der Waals surface area contributed by atoms with Crippen LogP contribution in [0.2, 0.25) is 0 Å². The van der Waals surface area contributed by atoms with Gasteiger partial charge in [-0.2, -0.15) is 0 Å². The van der Waals surface area contributed by atoms with Crippen LogP contribution in [-0.4, -0.2) is 8.41 Å². The molecule has 29 fully saturated rings. The predicted octanol–water partition coefficient (Wildman–Crippen LogP) is 8.81. The van der Waals surface area contributed by atoms with Gasteiger partial charge in [0, 0.05) is 34.3 Å². The second kappa shape index (κ2) is 5.41. The van der Waals surface area contributed by atoms with Gasteiger partial charge in [0.25, 0.3) is 0 Å². The van der Waals surface area contributed by atoms with E-state index in [-0.39, 0.29) is 41.7 Å². The van der Waals surface area contributed by atoms with Crippen molar-refractivity contribution in [2.24, 2.45) is 211 Å². The van der Waals surface area contributed by atoms with Crippen molar-refractivity contribution >= 4 is 8.41 Å². The molecule has 29 saturated carbocycles. The van der Waals surface area contributed by atoms with E-state index in [0.717, 1.165) is 81.2 Å². The van der Waals surface area contributed by atoms with Crippen molar-refractivity contribution in [2.45, 2.75) is 104 Å². The molecule has 2 heteroatoms. The van der Waals surface area contributed by atoms with Gasteiger partial charge in [0.05, 0.1) is 0 Å². The molecule has 0 amide bonds. The van der Waals surface area contributed by atoms with E-state index in [0.29, 0.717) is 0 Å². The van der Waals surface area contributed by atoms with E-state index in [1.165, 1.54) is 130 Å². The normalized spacial score (nSPS) is 102. The quantitative estimate of drug-likeness (QED) is 0.214. The molecule has 29 aliphatic rings. The maximum absolute atomic E-state index is 1.82. The summed E-state index contributed by atoms with van der Waals surface area (Å²) < 4.78 is 0. The molecule has 33 unspecified atom stereocenters. The van der Waals surface area contributed by atoms with Crippen LogP contribution in [0.4, 0.5) is 0 Å². The minimum atomic E-state index is 0. The zero-order chi connectivity index (χ0) is 30.8. The molecule has 0 aromatic heterocycles. The Morgan fingerprint density at radius 1 is 0.291 bits per heavy atom. The summed E-state index contributed by atoms with van der Waals surface area (Å²) in [6.07, 6.45) is 24.8. The fourth-order valence-electron chi connectivity index (χ4n) is 42.0. The molecular weight excluding hydrogens is 826 g/mol. The van der Waals surface area contributed by atoms with Crippen molar-refractivity contribution in [3.63, 3.8) is 0 Å². The Kier molecular flexibility index (Phi) is 2.66. The van der Waals surface area contributed by atoms with Gasteiger partial charge in [-0.25, -0.2) is 0 Å². The van der Waals surface area contributed by atoms with Crippen molar-refractivity contribution < 1.29 is 25.8 Å². The van der Waals surface area contributed by atoms with E-state index in [9.17, 15) is 0 Å². The van der Waals surface area contributed by atoms with Crippen molar-refractivity contribution in [3.8, 4) is 0 Å². The Labute approximate surface area is 347 Å². The van der Waals surface area contributed by atoms with Gasteiger partial charge in [0.15, 0.2) is 0 Å². The molecule has 3 radical (unpaired) electrons. The Balaban J connectivity index is 0.000000142. The Morgan fingerprint density at radius 2 is 0.673 bits per heavy atom. The van der Waals surface area contributed by atoms with E-state index < -0.39 is 0 Å². The van der Waals surface area contributed by atoms with Crippen molar-refractivity contribution in [3.05, 3.63) is 0 Å². The summed E-state index contributed by atoms with van der Waals surface area (Å²) >= 11 is 0. The zero-order valence-corrected chi connectivity index (χ0v) is 35.5. The predicted molar refractivity (Wildman–Crippen MR) is 195 cm³/mol. The van der Waals surface area contributed by atoms with Gasteiger partial charge in [0.1, 0.15) is 0 Å². The second-order valence-corrected chi connectivity index (χ2v) is 29.7. The molecule has 0 aromatic carbocycles. The van der Waals surface area contributed by atoms with E-state index in [1.807, 2.05) is 12.8 Å². The first kappa shape index (κ1) is 27.1. The summed E-state index contributed by atoms with van der Waals surface area (Å²) in [5.74, 6) is 29.3. The van der Waals surface area contributed by atoms with Crippen LogP contribution in [0.3, 0.4) is 0 Å². The molecule has 0 nitrogen and oxygen atoms in total. The number of hydrogen-bond acceptors (Lipinski definition) is 0. The Morgan fingerprint density at radius 3 is 1.20 bits per heavy atom. The van der Waals surface area contributed by atoms with Crippen LogP contribution in [-0.2, 0) is 25.8 Å². The molecule has 55 heavy (non-hydrogen) atoms. The molecule has 15 spiro atoms. The van der Waals surface area contributed by atoms with E-state index in [1.54, 1.807) is 83.5 Å².